The van der Waals surface area contributed by atoms with Crippen LogP contribution in [0.15, 0.2) is 48.7 Å². The number of halogens is 2. The Morgan fingerprint density at radius 1 is 0.800 bits per heavy atom. The molecule has 0 bridgehead atoms. The molecule has 1 aromatic heterocycles. The fraction of sp³-hybridized carbons (Fsp3) is 0. The number of hydrogen-bond donors (Lipinski definition) is 0. The third-order valence-electron chi connectivity index (χ3n) is 2.89. The average Bonchev–Trinajstić information content (AvgIpc) is 2.46. The molecule has 0 aliphatic heterocycles. The van der Waals surface area contributed by atoms with Crippen molar-refractivity contribution in [3.8, 4) is 0 Å². The molecule has 0 radical (unpaired) electrons. The maximum atomic E-state index is 6.12. The average molecular weight is 301 g/mol. The van der Waals surface area contributed by atoms with Crippen molar-refractivity contribution < 1.29 is 0 Å². The molecular weight excluding hydrogens is 291 g/mol. The second-order valence-electron chi connectivity index (χ2n) is 4.25. The Hall–Kier alpha value is -1.90. The molecule has 0 saturated heterocycles. The van der Waals surface area contributed by atoms with Gasteiger partial charge in [-0.05, 0) is 36.4 Å². The number of benzene rings is 2. The van der Waals surface area contributed by atoms with Gasteiger partial charge < -0.3 is 0 Å². The van der Waals surface area contributed by atoms with Gasteiger partial charge >= 0.3 is 0 Å². The molecular formula is C16H10Cl2N2. The number of nitrogens with zero attached hydrogens (tertiary/aromatic N) is 2. The minimum absolute atomic E-state index is 0.613. The van der Waals surface area contributed by atoms with Crippen LogP contribution in [0.4, 0.5) is 0 Å². The number of para-hydroxylation sites is 2. The van der Waals surface area contributed by atoms with Crippen molar-refractivity contribution in [1.29, 1.82) is 0 Å². The summed E-state index contributed by atoms with van der Waals surface area (Å²) in [7, 11) is 0. The molecule has 0 amide bonds. The number of rotatable bonds is 2. The SMILES string of the molecule is Clc1cccc(Cl)c1/C=C/c1cnc2ccccc2n1. The van der Waals surface area contributed by atoms with Crippen LogP contribution in [-0.4, -0.2) is 9.97 Å². The lowest BCUT2D eigenvalue weighted by Crippen LogP contribution is -1.86. The van der Waals surface area contributed by atoms with Crippen molar-refractivity contribution in [1.82, 2.24) is 9.97 Å². The molecule has 4 heteroatoms. The molecule has 0 atom stereocenters. The zero-order chi connectivity index (χ0) is 13.9. The van der Waals surface area contributed by atoms with E-state index in [1.54, 1.807) is 18.3 Å². The van der Waals surface area contributed by atoms with Gasteiger partial charge in [-0.15, -0.1) is 0 Å². The summed E-state index contributed by atoms with van der Waals surface area (Å²) in [4.78, 5) is 8.87. The second-order valence-corrected chi connectivity index (χ2v) is 5.07. The van der Waals surface area contributed by atoms with Crippen LogP contribution in [0.5, 0.6) is 0 Å². The molecule has 2 nitrogen and oxygen atoms in total. The highest BCUT2D eigenvalue weighted by molar-refractivity contribution is 6.37. The molecule has 0 aliphatic carbocycles. The summed E-state index contributed by atoms with van der Waals surface area (Å²) in [6, 6.07) is 13.2. The minimum atomic E-state index is 0.613. The first-order chi connectivity index (χ1) is 9.74. The Morgan fingerprint density at radius 3 is 2.25 bits per heavy atom. The third kappa shape index (κ3) is 2.67. The highest BCUT2D eigenvalue weighted by atomic mass is 35.5. The highest BCUT2D eigenvalue weighted by Gasteiger charge is 2.02. The quantitative estimate of drug-likeness (QED) is 0.657. The normalized spacial score (nSPS) is 11.3. The van der Waals surface area contributed by atoms with Gasteiger partial charge in [0.05, 0.1) is 22.9 Å². The molecule has 2 aromatic carbocycles. The third-order valence-corrected chi connectivity index (χ3v) is 3.55. The summed E-state index contributed by atoms with van der Waals surface area (Å²) in [6.45, 7) is 0. The van der Waals surface area contributed by atoms with Crippen molar-refractivity contribution in [3.05, 3.63) is 70.0 Å². The van der Waals surface area contributed by atoms with Crippen LogP contribution >= 0.6 is 23.2 Å². The van der Waals surface area contributed by atoms with Gasteiger partial charge in [-0.3, -0.25) is 4.98 Å². The minimum Gasteiger partial charge on any atom is -0.252 e. The van der Waals surface area contributed by atoms with E-state index in [2.05, 4.69) is 9.97 Å². The van der Waals surface area contributed by atoms with Gasteiger partial charge in [-0.25, -0.2) is 4.98 Å². The van der Waals surface area contributed by atoms with Gasteiger partial charge in [0.2, 0.25) is 0 Å². The van der Waals surface area contributed by atoms with Crippen molar-refractivity contribution in [2.45, 2.75) is 0 Å². The van der Waals surface area contributed by atoms with E-state index in [-0.39, 0.29) is 0 Å². The van der Waals surface area contributed by atoms with E-state index >= 15 is 0 Å². The molecule has 0 spiro atoms. The van der Waals surface area contributed by atoms with Gasteiger partial charge in [0.1, 0.15) is 0 Å². The van der Waals surface area contributed by atoms with Crippen LogP contribution in [0.1, 0.15) is 11.3 Å². The van der Waals surface area contributed by atoms with Crippen molar-refractivity contribution in [3.63, 3.8) is 0 Å². The second kappa shape index (κ2) is 5.61. The summed E-state index contributed by atoms with van der Waals surface area (Å²) < 4.78 is 0. The Morgan fingerprint density at radius 2 is 1.50 bits per heavy atom. The standard InChI is InChI=1S/C16H10Cl2N2/c17-13-4-3-5-14(18)12(13)9-8-11-10-19-15-6-1-2-7-16(15)20-11/h1-10H/b9-8+. The molecule has 0 fully saturated rings. The molecule has 0 unspecified atom stereocenters. The van der Waals surface area contributed by atoms with Gasteiger partial charge in [-0.2, -0.15) is 0 Å². The van der Waals surface area contributed by atoms with E-state index in [0.717, 1.165) is 22.3 Å². The summed E-state index contributed by atoms with van der Waals surface area (Å²) >= 11 is 12.2. The zero-order valence-corrected chi connectivity index (χ0v) is 11.9. The topological polar surface area (TPSA) is 25.8 Å². The van der Waals surface area contributed by atoms with E-state index in [0.29, 0.717) is 10.0 Å². The molecule has 0 aliphatic rings. The Kier molecular flexibility index (Phi) is 3.68. The van der Waals surface area contributed by atoms with Crippen LogP contribution in [0, 0.1) is 0 Å². The van der Waals surface area contributed by atoms with Crippen molar-refractivity contribution in [2.24, 2.45) is 0 Å². The van der Waals surface area contributed by atoms with E-state index in [9.17, 15) is 0 Å². The van der Waals surface area contributed by atoms with Crippen LogP contribution in [0.3, 0.4) is 0 Å². The van der Waals surface area contributed by atoms with Crippen molar-refractivity contribution >= 4 is 46.4 Å². The Bertz CT molecular complexity index is 777. The zero-order valence-electron chi connectivity index (χ0n) is 10.4. The molecule has 98 valence electrons. The summed E-state index contributed by atoms with van der Waals surface area (Å²) in [5.74, 6) is 0. The largest absolute Gasteiger partial charge is 0.252 e. The van der Waals surface area contributed by atoms with E-state index in [1.165, 1.54) is 0 Å². The monoisotopic (exact) mass is 300 g/mol. The number of aromatic nitrogens is 2. The van der Waals surface area contributed by atoms with E-state index < -0.39 is 0 Å². The molecule has 3 rings (SSSR count). The predicted octanol–water partition coefficient (Wildman–Crippen LogP) is 5.11. The first kappa shape index (κ1) is 13.1. The van der Waals surface area contributed by atoms with E-state index in [1.807, 2.05) is 42.5 Å². The summed E-state index contributed by atoms with van der Waals surface area (Å²) in [5, 5.41) is 1.23. The fourth-order valence-corrected chi connectivity index (χ4v) is 2.41. The lowest BCUT2D eigenvalue weighted by molar-refractivity contribution is 1.27. The molecule has 0 saturated carbocycles. The maximum Gasteiger partial charge on any atom is 0.0894 e. The number of hydrogen-bond acceptors (Lipinski definition) is 2. The predicted molar refractivity (Wildman–Crippen MR) is 84.9 cm³/mol. The van der Waals surface area contributed by atoms with Gasteiger partial charge in [-0.1, -0.05) is 41.4 Å². The first-order valence-corrected chi connectivity index (χ1v) is 6.83. The van der Waals surface area contributed by atoms with Crippen LogP contribution in [-0.2, 0) is 0 Å². The van der Waals surface area contributed by atoms with E-state index in [4.69, 9.17) is 23.2 Å². The highest BCUT2D eigenvalue weighted by Crippen LogP contribution is 2.26. The molecule has 3 aromatic rings. The first-order valence-electron chi connectivity index (χ1n) is 6.08. The number of fused-ring (bicyclic) bond motifs is 1. The molecule has 20 heavy (non-hydrogen) atoms. The molecule has 0 N–H and O–H groups in total. The van der Waals surface area contributed by atoms with Crippen LogP contribution in [0.25, 0.3) is 23.2 Å². The lowest BCUT2D eigenvalue weighted by atomic mass is 10.2. The smallest absolute Gasteiger partial charge is 0.0894 e. The molecule has 1 heterocycles. The van der Waals surface area contributed by atoms with Crippen LogP contribution in [0.2, 0.25) is 10.0 Å². The lowest BCUT2D eigenvalue weighted by Gasteiger charge is -2.01. The fourth-order valence-electron chi connectivity index (χ4n) is 1.89. The van der Waals surface area contributed by atoms with Crippen molar-refractivity contribution in [2.75, 3.05) is 0 Å². The van der Waals surface area contributed by atoms with Gasteiger partial charge in [0.25, 0.3) is 0 Å². The Labute approximate surface area is 126 Å². The maximum absolute atomic E-state index is 6.12. The van der Waals surface area contributed by atoms with Crippen LogP contribution < -0.4 is 0 Å². The Balaban J connectivity index is 1.98. The summed E-state index contributed by atoms with van der Waals surface area (Å²) in [5.41, 5.74) is 3.28. The summed E-state index contributed by atoms with van der Waals surface area (Å²) in [6.07, 6.45) is 5.43. The van der Waals surface area contributed by atoms with Gasteiger partial charge in [0.15, 0.2) is 0 Å². The van der Waals surface area contributed by atoms with Gasteiger partial charge in [0, 0.05) is 15.6 Å².